The van der Waals surface area contributed by atoms with Crippen molar-refractivity contribution in [2.45, 2.75) is 25.3 Å². The average Bonchev–Trinajstić information content (AvgIpc) is 2.86. The molecule has 1 aliphatic heterocycles. The molecule has 0 aliphatic carbocycles. The van der Waals surface area contributed by atoms with E-state index in [4.69, 9.17) is 0 Å². The SMILES string of the molecule is Cc1ccc(N(CC(=O)N2CCN(Cc3ccccc3)CC2)S(=O)(=O)c2ccccc2)cc1C. The molecule has 34 heavy (non-hydrogen) atoms. The molecule has 7 heteroatoms. The zero-order valence-corrected chi connectivity index (χ0v) is 20.5. The quantitative estimate of drug-likeness (QED) is 0.519. The van der Waals surface area contributed by atoms with Crippen LogP contribution >= 0.6 is 0 Å². The normalized spacial score (nSPS) is 14.7. The molecule has 178 valence electrons. The zero-order valence-electron chi connectivity index (χ0n) is 19.7. The van der Waals surface area contributed by atoms with Crippen molar-refractivity contribution in [3.8, 4) is 0 Å². The van der Waals surface area contributed by atoms with Crippen molar-refractivity contribution in [2.75, 3.05) is 37.0 Å². The summed E-state index contributed by atoms with van der Waals surface area (Å²) >= 11 is 0. The Labute approximate surface area is 202 Å². The molecule has 0 atom stereocenters. The molecule has 0 saturated carbocycles. The maximum absolute atomic E-state index is 13.5. The molecule has 1 saturated heterocycles. The highest BCUT2D eigenvalue weighted by atomic mass is 32.2. The lowest BCUT2D eigenvalue weighted by atomic mass is 10.1. The summed E-state index contributed by atoms with van der Waals surface area (Å²) in [6, 6.07) is 24.1. The second kappa shape index (κ2) is 10.4. The van der Waals surface area contributed by atoms with E-state index in [-0.39, 0.29) is 17.3 Å². The van der Waals surface area contributed by atoms with Crippen LogP contribution in [0, 0.1) is 13.8 Å². The molecule has 1 amide bonds. The number of carbonyl (C=O) groups is 1. The smallest absolute Gasteiger partial charge is 0.264 e. The van der Waals surface area contributed by atoms with E-state index in [0.717, 1.165) is 30.8 Å². The van der Waals surface area contributed by atoms with Gasteiger partial charge in [-0.25, -0.2) is 8.42 Å². The van der Waals surface area contributed by atoms with Crippen LogP contribution in [-0.2, 0) is 21.4 Å². The van der Waals surface area contributed by atoms with Crippen molar-refractivity contribution in [3.63, 3.8) is 0 Å². The topological polar surface area (TPSA) is 60.9 Å². The number of amides is 1. The summed E-state index contributed by atoms with van der Waals surface area (Å²) in [5, 5.41) is 0. The zero-order chi connectivity index (χ0) is 24.1. The lowest BCUT2D eigenvalue weighted by Crippen LogP contribution is -2.51. The third-order valence-corrected chi connectivity index (χ3v) is 8.15. The number of nitrogens with zero attached hydrogens (tertiary/aromatic N) is 3. The van der Waals surface area contributed by atoms with Crippen LogP contribution in [0.3, 0.4) is 0 Å². The Bertz CT molecular complexity index is 1220. The fraction of sp³-hybridized carbons (Fsp3) is 0.296. The lowest BCUT2D eigenvalue weighted by Gasteiger charge is -2.36. The van der Waals surface area contributed by atoms with Gasteiger partial charge in [0.2, 0.25) is 5.91 Å². The summed E-state index contributed by atoms with van der Waals surface area (Å²) in [7, 11) is -3.89. The molecule has 6 nitrogen and oxygen atoms in total. The molecular weight excluding hydrogens is 446 g/mol. The minimum Gasteiger partial charge on any atom is -0.339 e. The van der Waals surface area contributed by atoms with Crippen LogP contribution in [0.4, 0.5) is 5.69 Å². The highest BCUT2D eigenvalue weighted by molar-refractivity contribution is 7.92. The van der Waals surface area contributed by atoms with E-state index in [9.17, 15) is 13.2 Å². The Morgan fingerprint density at radius 2 is 1.44 bits per heavy atom. The van der Waals surface area contributed by atoms with E-state index in [1.807, 2.05) is 44.2 Å². The number of hydrogen-bond acceptors (Lipinski definition) is 4. The van der Waals surface area contributed by atoms with Crippen LogP contribution in [0.1, 0.15) is 16.7 Å². The third-order valence-electron chi connectivity index (χ3n) is 6.36. The van der Waals surface area contributed by atoms with Gasteiger partial charge in [-0.2, -0.15) is 0 Å². The van der Waals surface area contributed by atoms with E-state index < -0.39 is 10.0 Å². The molecule has 0 bridgehead atoms. The van der Waals surface area contributed by atoms with Gasteiger partial charge in [0.1, 0.15) is 6.54 Å². The second-order valence-electron chi connectivity index (χ2n) is 8.74. The Hall–Kier alpha value is -3.16. The molecule has 4 rings (SSSR count). The minimum atomic E-state index is -3.89. The molecule has 0 unspecified atom stereocenters. The lowest BCUT2D eigenvalue weighted by molar-refractivity contribution is -0.131. The Kier molecular flexibility index (Phi) is 7.34. The first kappa shape index (κ1) is 24.0. The van der Waals surface area contributed by atoms with Crippen molar-refractivity contribution in [2.24, 2.45) is 0 Å². The second-order valence-corrected chi connectivity index (χ2v) is 10.6. The van der Waals surface area contributed by atoms with Crippen LogP contribution in [-0.4, -0.2) is 56.8 Å². The first-order chi connectivity index (χ1) is 16.3. The first-order valence-electron chi connectivity index (χ1n) is 11.5. The first-order valence-corrected chi connectivity index (χ1v) is 13.0. The van der Waals surface area contributed by atoms with Gasteiger partial charge >= 0.3 is 0 Å². The van der Waals surface area contributed by atoms with Gasteiger partial charge in [0, 0.05) is 32.7 Å². The Morgan fingerprint density at radius 3 is 2.06 bits per heavy atom. The van der Waals surface area contributed by atoms with Crippen molar-refractivity contribution >= 4 is 21.6 Å². The van der Waals surface area contributed by atoms with Gasteiger partial charge in [-0.3, -0.25) is 14.0 Å². The molecule has 1 fully saturated rings. The van der Waals surface area contributed by atoms with E-state index in [1.54, 1.807) is 41.3 Å². The molecule has 0 aromatic heterocycles. The Balaban J connectivity index is 1.50. The number of benzene rings is 3. The molecule has 3 aromatic rings. The van der Waals surface area contributed by atoms with Crippen molar-refractivity contribution in [1.82, 2.24) is 9.80 Å². The number of carbonyl (C=O) groups excluding carboxylic acids is 1. The van der Waals surface area contributed by atoms with Crippen molar-refractivity contribution in [3.05, 3.63) is 95.6 Å². The van der Waals surface area contributed by atoms with Gasteiger partial charge < -0.3 is 4.90 Å². The molecule has 0 spiro atoms. The fourth-order valence-electron chi connectivity index (χ4n) is 4.14. The van der Waals surface area contributed by atoms with Crippen LogP contribution in [0.5, 0.6) is 0 Å². The Morgan fingerprint density at radius 1 is 0.824 bits per heavy atom. The van der Waals surface area contributed by atoms with Crippen molar-refractivity contribution in [1.29, 1.82) is 0 Å². The number of sulfonamides is 1. The molecule has 0 radical (unpaired) electrons. The molecular formula is C27H31N3O3S. The summed E-state index contributed by atoms with van der Waals surface area (Å²) < 4.78 is 28.3. The predicted octanol–water partition coefficient (Wildman–Crippen LogP) is 3.84. The van der Waals surface area contributed by atoms with Gasteiger partial charge in [-0.15, -0.1) is 0 Å². The summed E-state index contributed by atoms with van der Waals surface area (Å²) in [6.45, 7) is 7.23. The number of piperazine rings is 1. The molecule has 0 N–H and O–H groups in total. The minimum absolute atomic E-state index is 0.175. The monoisotopic (exact) mass is 477 g/mol. The van der Waals surface area contributed by atoms with E-state index in [1.165, 1.54) is 9.87 Å². The molecule has 1 heterocycles. The predicted molar refractivity (Wildman–Crippen MR) is 135 cm³/mol. The summed E-state index contributed by atoms with van der Waals surface area (Å²) in [5.74, 6) is -0.183. The maximum atomic E-state index is 13.5. The average molecular weight is 478 g/mol. The largest absolute Gasteiger partial charge is 0.339 e. The van der Waals surface area contributed by atoms with Gasteiger partial charge in [0.05, 0.1) is 10.6 Å². The van der Waals surface area contributed by atoms with Gasteiger partial charge in [0.15, 0.2) is 0 Å². The van der Waals surface area contributed by atoms with E-state index in [2.05, 4.69) is 17.0 Å². The van der Waals surface area contributed by atoms with Crippen molar-refractivity contribution < 1.29 is 13.2 Å². The fourth-order valence-corrected chi connectivity index (χ4v) is 5.56. The van der Waals surface area contributed by atoms with E-state index >= 15 is 0 Å². The van der Waals surface area contributed by atoms with Crippen LogP contribution in [0.15, 0.2) is 83.8 Å². The van der Waals surface area contributed by atoms with Gasteiger partial charge in [-0.05, 0) is 54.8 Å². The summed E-state index contributed by atoms with van der Waals surface area (Å²) in [6.07, 6.45) is 0. The van der Waals surface area contributed by atoms with E-state index in [0.29, 0.717) is 18.8 Å². The van der Waals surface area contributed by atoms with Gasteiger partial charge in [-0.1, -0.05) is 54.6 Å². The number of hydrogen-bond donors (Lipinski definition) is 0. The van der Waals surface area contributed by atoms with Gasteiger partial charge in [0.25, 0.3) is 10.0 Å². The number of rotatable bonds is 7. The van der Waals surface area contributed by atoms with Crippen LogP contribution in [0.25, 0.3) is 0 Å². The van der Waals surface area contributed by atoms with Crippen LogP contribution < -0.4 is 4.31 Å². The summed E-state index contributed by atoms with van der Waals surface area (Å²) in [5.41, 5.74) is 3.80. The number of aryl methyl sites for hydroxylation is 2. The maximum Gasteiger partial charge on any atom is 0.264 e. The highest BCUT2D eigenvalue weighted by Crippen LogP contribution is 2.26. The molecule has 3 aromatic carbocycles. The highest BCUT2D eigenvalue weighted by Gasteiger charge is 2.30. The summed E-state index contributed by atoms with van der Waals surface area (Å²) in [4.78, 5) is 17.5. The molecule has 1 aliphatic rings. The standard InChI is InChI=1S/C27H31N3O3S/c1-22-13-14-25(19-23(22)2)30(34(32,33)26-11-7-4-8-12-26)21-27(31)29-17-15-28(16-18-29)20-24-9-5-3-6-10-24/h3-14,19H,15-18,20-21H2,1-2H3. The van der Waals surface area contributed by atoms with Crippen LogP contribution in [0.2, 0.25) is 0 Å². The number of anilines is 1. The third kappa shape index (κ3) is 5.48.